The zero-order chi connectivity index (χ0) is 10.6. The molecule has 0 radical (unpaired) electrons. The highest BCUT2D eigenvalue weighted by molar-refractivity contribution is 7.09. The van der Waals surface area contributed by atoms with E-state index in [2.05, 4.69) is 29.5 Å². The molecule has 0 aromatic carbocycles. The molecule has 1 heterocycles. The highest BCUT2D eigenvalue weighted by Crippen LogP contribution is 2.16. The summed E-state index contributed by atoms with van der Waals surface area (Å²) < 4.78 is 0. The van der Waals surface area contributed by atoms with Gasteiger partial charge in [0.05, 0.1) is 17.3 Å². The van der Waals surface area contributed by atoms with E-state index in [1.54, 1.807) is 11.3 Å². The van der Waals surface area contributed by atoms with E-state index in [1.807, 2.05) is 6.92 Å². The first-order chi connectivity index (χ1) is 6.67. The average molecular weight is 214 g/mol. The minimum atomic E-state index is 0.173. The van der Waals surface area contributed by atoms with E-state index in [-0.39, 0.29) is 18.7 Å². The van der Waals surface area contributed by atoms with Crippen LogP contribution in [0, 0.1) is 6.92 Å². The van der Waals surface area contributed by atoms with Gasteiger partial charge in [-0.3, -0.25) is 0 Å². The lowest BCUT2D eigenvalue weighted by atomic mass is 10.2. The molecule has 2 N–H and O–H groups in total. The summed E-state index contributed by atoms with van der Waals surface area (Å²) in [4.78, 5) is 4.41. The molecule has 1 aromatic rings. The van der Waals surface area contributed by atoms with Gasteiger partial charge in [0.25, 0.3) is 0 Å². The van der Waals surface area contributed by atoms with Gasteiger partial charge in [-0.15, -0.1) is 11.3 Å². The second-order valence-corrected chi connectivity index (χ2v) is 4.53. The van der Waals surface area contributed by atoms with Gasteiger partial charge in [-0.25, -0.2) is 4.98 Å². The Morgan fingerprint density at radius 1 is 1.64 bits per heavy atom. The Kier molecular flexibility index (Phi) is 4.51. The third-order valence-electron chi connectivity index (χ3n) is 2.28. The zero-order valence-electron chi connectivity index (χ0n) is 8.95. The van der Waals surface area contributed by atoms with Gasteiger partial charge in [-0.05, 0) is 20.3 Å². The van der Waals surface area contributed by atoms with Crippen molar-refractivity contribution in [2.24, 2.45) is 0 Å². The summed E-state index contributed by atoms with van der Waals surface area (Å²) in [6.07, 6.45) is 0.934. The van der Waals surface area contributed by atoms with E-state index < -0.39 is 0 Å². The number of aliphatic hydroxyl groups is 1. The number of aromatic nitrogens is 1. The van der Waals surface area contributed by atoms with Crippen LogP contribution < -0.4 is 5.32 Å². The third kappa shape index (κ3) is 3.04. The molecule has 14 heavy (non-hydrogen) atoms. The molecule has 1 rings (SSSR count). The molecule has 0 aliphatic carbocycles. The summed E-state index contributed by atoms with van der Waals surface area (Å²) >= 11 is 1.66. The minimum absolute atomic E-state index is 0.173. The van der Waals surface area contributed by atoms with Gasteiger partial charge in [-0.1, -0.05) is 6.92 Å². The molecule has 4 heteroatoms. The molecule has 80 valence electrons. The number of hydrogen-bond donors (Lipinski definition) is 2. The summed E-state index contributed by atoms with van der Waals surface area (Å²) in [5.74, 6) is 0. The molecule has 0 aliphatic rings. The van der Waals surface area contributed by atoms with E-state index in [0.717, 1.165) is 17.1 Å². The zero-order valence-corrected chi connectivity index (χ0v) is 9.77. The first-order valence-electron chi connectivity index (χ1n) is 4.96. The van der Waals surface area contributed by atoms with Crippen molar-refractivity contribution in [3.05, 3.63) is 16.1 Å². The Bertz CT molecular complexity index is 271. The fourth-order valence-corrected chi connectivity index (χ4v) is 2.02. The van der Waals surface area contributed by atoms with Crippen LogP contribution >= 0.6 is 11.3 Å². The number of thiazole rings is 1. The molecule has 0 aliphatic heterocycles. The van der Waals surface area contributed by atoms with Crippen LogP contribution in [-0.2, 0) is 0 Å². The van der Waals surface area contributed by atoms with Crippen molar-refractivity contribution >= 4 is 11.3 Å². The van der Waals surface area contributed by atoms with Crippen molar-refractivity contribution in [3.8, 4) is 0 Å². The number of aliphatic hydroxyl groups excluding tert-OH is 1. The number of aryl methyl sites for hydroxylation is 1. The summed E-state index contributed by atoms with van der Waals surface area (Å²) in [5.41, 5.74) is 1.07. The van der Waals surface area contributed by atoms with E-state index in [4.69, 9.17) is 5.11 Å². The van der Waals surface area contributed by atoms with Crippen LogP contribution in [0.15, 0.2) is 5.38 Å². The Balaban J connectivity index is 2.53. The largest absolute Gasteiger partial charge is 0.395 e. The molecule has 0 bridgehead atoms. The Labute approximate surface area is 89.2 Å². The molecule has 1 unspecified atom stereocenters. The Hall–Kier alpha value is -0.450. The summed E-state index contributed by atoms with van der Waals surface area (Å²) in [5, 5.41) is 15.5. The molecule has 3 nitrogen and oxygen atoms in total. The van der Waals surface area contributed by atoms with Crippen LogP contribution in [0.3, 0.4) is 0 Å². The second-order valence-electron chi connectivity index (χ2n) is 3.47. The van der Waals surface area contributed by atoms with Gasteiger partial charge >= 0.3 is 0 Å². The Morgan fingerprint density at radius 2 is 2.36 bits per heavy atom. The van der Waals surface area contributed by atoms with E-state index in [9.17, 15) is 0 Å². The fourth-order valence-electron chi connectivity index (χ4n) is 1.32. The minimum Gasteiger partial charge on any atom is -0.395 e. The molecule has 2 atom stereocenters. The predicted octanol–water partition coefficient (Wildman–Crippen LogP) is 1.87. The maximum atomic E-state index is 9.05. The highest BCUT2D eigenvalue weighted by Gasteiger charge is 2.12. The fraction of sp³-hybridized carbons (Fsp3) is 0.700. The number of nitrogens with one attached hydrogen (secondary N) is 1. The van der Waals surface area contributed by atoms with Gasteiger partial charge in [0.1, 0.15) is 0 Å². The van der Waals surface area contributed by atoms with E-state index in [0.29, 0.717) is 0 Å². The number of nitrogens with zero attached hydrogens (tertiary/aromatic N) is 1. The summed E-state index contributed by atoms with van der Waals surface area (Å²) in [6.45, 7) is 6.33. The topological polar surface area (TPSA) is 45.1 Å². The van der Waals surface area contributed by atoms with Crippen LogP contribution in [0.1, 0.15) is 37.0 Å². The highest BCUT2D eigenvalue weighted by atomic mass is 32.1. The Morgan fingerprint density at radius 3 is 2.79 bits per heavy atom. The third-order valence-corrected chi connectivity index (χ3v) is 3.07. The van der Waals surface area contributed by atoms with Crippen molar-refractivity contribution in [3.63, 3.8) is 0 Å². The quantitative estimate of drug-likeness (QED) is 0.786. The molecular formula is C10H18N2OS. The molecular weight excluding hydrogens is 196 g/mol. The van der Waals surface area contributed by atoms with Gasteiger partial charge in [0.15, 0.2) is 0 Å². The molecule has 0 saturated heterocycles. The molecule has 0 spiro atoms. The lowest BCUT2D eigenvalue weighted by molar-refractivity contribution is 0.229. The van der Waals surface area contributed by atoms with Crippen LogP contribution in [0.2, 0.25) is 0 Å². The monoisotopic (exact) mass is 214 g/mol. The van der Waals surface area contributed by atoms with Crippen molar-refractivity contribution in [2.75, 3.05) is 6.61 Å². The smallest absolute Gasteiger partial charge is 0.0898 e. The molecule has 0 fully saturated rings. The number of rotatable bonds is 5. The predicted molar refractivity (Wildman–Crippen MR) is 59.6 cm³/mol. The molecule has 0 amide bonds. The van der Waals surface area contributed by atoms with Crippen molar-refractivity contribution in [1.29, 1.82) is 0 Å². The first-order valence-corrected chi connectivity index (χ1v) is 5.84. The maximum Gasteiger partial charge on any atom is 0.0898 e. The van der Waals surface area contributed by atoms with Gasteiger partial charge in [-0.2, -0.15) is 0 Å². The second kappa shape index (κ2) is 5.44. The molecule has 0 saturated carbocycles. The van der Waals surface area contributed by atoms with Gasteiger partial charge in [0.2, 0.25) is 0 Å². The average Bonchev–Trinajstić information content (AvgIpc) is 2.61. The maximum absolute atomic E-state index is 9.05. The van der Waals surface area contributed by atoms with E-state index >= 15 is 0 Å². The van der Waals surface area contributed by atoms with Crippen molar-refractivity contribution in [2.45, 2.75) is 39.3 Å². The lowest BCUT2D eigenvalue weighted by Gasteiger charge is -2.18. The molecule has 1 aromatic heterocycles. The first kappa shape index (κ1) is 11.6. The van der Waals surface area contributed by atoms with Crippen molar-refractivity contribution in [1.82, 2.24) is 10.3 Å². The van der Waals surface area contributed by atoms with Gasteiger partial charge < -0.3 is 10.4 Å². The van der Waals surface area contributed by atoms with Gasteiger partial charge in [0, 0.05) is 17.5 Å². The number of hydrogen-bond acceptors (Lipinski definition) is 4. The normalized spacial score (nSPS) is 15.4. The van der Waals surface area contributed by atoms with Crippen molar-refractivity contribution < 1.29 is 5.11 Å². The van der Waals surface area contributed by atoms with Crippen LogP contribution in [0.4, 0.5) is 0 Å². The SMILES string of the molecule is CC[C@@H](CO)NC(C)c1csc(C)n1. The van der Waals surface area contributed by atoms with Crippen LogP contribution in [0.5, 0.6) is 0 Å². The van der Waals surface area contributed by atoms with Crippen LogP contribution in [0.25, 0.3) is 0 Å². The van der Waals surface area contributed by atoms with Crippen LogP contribution in [-0.4, -0.2) is 22.7 Å². The van der Waals surface area contributed by atoms with E-state index in [1.165, 1.54) is 0 Å². The lowest BCUT2D eigenvalue weighted by Crippen LogP contribution is -2.34. The summed E-state index contributed by atoms with van der Waals surface area (Å²) in [7, 11) is 0. The standard InChI is InChI=1S/C10H18N2OS/c1-4-9(5-13)11-7(2)10-6-14-8(3)12-10/h6-7,9,11,13H,4-5H2,1-3H3/t7?,9-/m0/s1. The summed E-state index contributed by atoms with van der Waals surface area (Å²) in [6, 6.07) is 0.393.